The SMILES string of the molecule is OCC1OC(c2ccccc2)(c2ccccc2)OC1CO. The molecule has 0 aliphatic carbocycles. The monoisotopic (exact) mass is 286 g/mol. The summed E-state index contributed by atoms with van der Waals surface area (Å²) < 4.78 is 12.1. The van der Waals surface area contributed by atoms with Gasteiger partial charge in [-0.05, 0) is 0 Å². The van der Waals surface area contributed by atoms with Crippen LogP contribution in [0.2, 0.25) is 0 Å². The fourth-order valence-corrected chi connectivity index (χ4v) is 2.67. The fraction of sp³-hybridized carbons (Fsp3) is 0.294. The number of hydrogen-bond donors (Lipinski definition) is 2. The Kier molecular flexibility index (Phi) is 4.03. The molecular weight excluding hydrogens is 268 g/mol. The molecule has 1 heterocycles. The highest BCUT2D eigenvalue weighted by atomic mass is 16.8. The van der Waals surface area contributed by atoms with Crippen LogP contribution in [-0.2, 0) is 15.3 Å². The van der Waals surface area contributed by atoms with Crippen LogP contribution >= 0.6 is 0 Å². The molecule has 2 atom stereocenters. The first-order chi connectivity index (χ1) is 10.3. The van der Waals surface area contributed by atoms with Crippen LogP contribution in [0.25, 0.3) is 0 Å². The Morgan fingerprint density at radius 1 is 0.714 bits per heavy atom. The van der Waals surface area contributed by atoms with Gasteiger partial charge in [-0.25, -0.2) is 0 Å². The maximum Gasteiger partial charge on any atom is 0.223 e. The topological polar surface area (TPSA) is 58.9 Å². The summed E-state index contributed by atoms with van der Waals surface area (Å²) >= 11 is 0. The normalized spacial score (nSPS) is 24.1. The molecule has 21 heavy (non-hydrogen) atoms. The Hall–Kier alpha value is -1.72. The second-order valence-corrected chi connectivity index (χ2v) is 5.03. The molecule has 0 amide bonds. The number of aliphatic hydroxyl groups excluding tert-OH is 2. The molecule has 0 radical (unpaired) electrons. The predicted molar refractivity (Wildman–Crippen MR) is 77.6 cm³/mol. The smallest absolute Gasteiger partial charge is 0.223 e. The van der Waals surface area contributed by atoms with Crippen molar-refractivity contribution >= 4 is 0 Å². The van der Waals surface area contributed by atoms with Crippen molar-refractivity contribution in [2.75, 3.05) is 13.2 Å². The zero-order valence-corrected chi connectivity index (χ0v) is 11.6. The van der Waals surface area contributed by atoms with Crippen molar-refractivity contribution in [1.29, 1.82) is 0 Å². The minimum Gasteiger partial charge on any atom is -0.394 e. The lowest BCUT2D eigenvalue weighted by Gasteiger charge is -2.29. The second-order valence-electron chi connectivity index (χ2n) is 5.03. The molecule has 0 spiro atoms. The van der Waals surface area contributed by atoms with Crippen LogP contribution in [0.4, 0.5) is 0 Å². The van der Waals surface area contributed by atoms with Crippen molar-refractivity contribution in [3.63, 3.8) is 0 Å². The molecule has 0 aromatic heterocycles. The Morgan fingerprint density at radius 3 is 1.43 bits per heavy atom. The molecule has 2 aromatic rings. The highest BCUT2D eigenvalue weighted by Crippen LogP contribution is 2.42. The van der Waals surface area contributed by atoms with E-state index in [4.69, 9.17) is 9.47 Å². The van der Waals surface area contributed by atoms with Crippen LogP contribution < -0.4 is 0 Å². The van der Waals surface area contributed by atoms with Crippen molar-refractivity contribution in [1.82, 2.24) is 0 Å². The quantitative estimate of drug-likeness (QED) is 0.897. The van der Waals surface area contributed by atoms with Gasteiger partial charge in [0.15, 0.2) is 0 Å². The summed E-state index contributed by atoms with van der Waals surface area (Å²) in [5.41, 5.74) is 1.68. The average molecular weight is 286 g/mol. The molecule has 1 fully saturated rings. The molecule has 4 heteroatoms. The van der Waals surface area contributed by atoms with Gasteiger partial charge in [0.25, 0.3) is 0 Å². The van der Waals surface area contributed by atoms with Gasteiger partial charge < -0.3 is 19.7 Å². The molecule has 4 nitrogen and oxygen atoms in total. The van der Waals surface area contributed by atoms with Crippen LogP contribution in [0.15, 0.2) is 60.7 Å². The van der Waals surface area contributed by atoms with E-state index in [1.807, 2.05) is 60.7 Å². The van der Waals surface area contributed by atoms with E-state index in [9.17, 15) is 10.2 Å². The van der Waals surface area contributed by atoms with Gasteiger partial charge in [0.05, 0.1) is 13.2 Å². The third-order valence-electron chi connectivity index (χ3n) is 3.72. The van der Waals surface area contributed by atoms with E-state index >= 15 is 0 Å². The molecule has 1 aliphatic rings. The lowest BCUT2D eigenvalue weighted by atomic mass is 9.97. The van der Waals surface area contributed by atoms with E-state index in [0.29, 0.717) is 0 Å². The van der Waals surface area contributed by atoms with Crippen LogP contribution in [0.3, 0.4) is 0 Å². The van der Waals surface area contributed by atoms with Gasteiger partial charge in [0.1, 0.15) is 12.2 Å². The Morgan fingerprint density at radius 2 is 1.10 bits per heavy atom. The Labute approximate surface area is 123 Å². The zero-order chi connectivity index (χ0) is 14.7. The second kappa shape index (κ2) is 5.95. The summed E-state index contributed by atoms with van der Waals surface area (Å²) in [5.74, 6) is -1.09. The molecule has 1 aliphatic heterocycles. The van der Waals surface area contributed by atoms with Gasteiger partial charge in [-0.2, -0.15) is 0 Å². The standard InChI is InChI=1S/C17H18O4/c18-11-15-16(12-19)21-17(20-15,13-7-3-1-4-8-13)14-9-5-2-6-10-14/h1-10,15-16,18-19H,11-12H2. The van der Waals surface area contributed by atoms with E-state index in [-0.39, 0.29) is 13.2 Å². The zero-order valence-electron chi connectivity index (χ0n) is 11.6. The van der Waals surface area contributed by atoms with Crippen LogP contribution in [0, 0.1) is 0 Å². The molecule has 2 unspecified atom stereocenters. The highest BCUT2D eigenvalue weighted by molar-refractivity contribution is 5.34. The molecule has 3 rings (SSSR count). The summed E-state index contributed by atoms with van der Waals surface area (Å²) in [6, 6.07) is 19.2. The first-order valence-electron chi connectivity index (χ1n) is 6.98. The third-order valence-corrected chi connectivity index (χ3v) is 3.72. The molecule has 0 saturated carbocycles. The van der Waals surface area contributed by atoms with Crippen molar-refractivity contribution < 1.29 is 19.7 Å². The first-order valence-corrected chi connectivity index (χ1v) is 6.98. The van der Waals surface area contributed by atoms with E-state index in [1.165, 1.54) is 0 Å². The van der Waals surface area contributed by atoms with Gasteiger partial charge in [-0.15, -0.1) is 0 Å². The number of aliphatic hydroxyl groups is 2. The minimum absolute atomic E-state index is 0.202. The van der Waals surface area contributed by atoms with Crippen molar-refractivity contribution in [2.24, 2.45) is 0 Å². The lowest BCUT2D eigenvalue weighted by molar-refractivity contribution is -0.155. The Bertz CT molecular complexity index is 516. The minimum atomic E-state index is -1.09. The van der Waals surface area contributed by atoms with Gasteiger partial charge in [0, 0.05) is 11.1 Å². The average Bonchev–Trinajstić information content (AvgIpc) is 2.97. The van der Waals surface area contributed by atoms with Crippen LogP contribution in [0.5, 0.6) is 0 Å². The largest absolute Gasteiger partial charge is 0.394 e. The molecule has 1 saturated heterocycles. The van der Waals surface area contributed by atoms with Gasteiger partial charge in [-0.3, -0.25) is 0 Å². The molecular formula is C17H18O4. The molecule has 0 bridgehead atoms. The number of ether oxygens (including phenoxy) is 2. The molecule has 110 valence electrons. The van der Waals surface area contributed by atoms with Gasteiger partial charge in [-0.1, -0.05) is 60.7 Å². The first kappa shape index (κ1) is 14.2. The number of rotatable bonds is 4. The van der Waals surface area contributed by atoms with Crippen LogP contribution in [0.1, 0.15) is 11.1 Å². The van der Waals surface area contributed by atoms with Crippen LogP contribution in [-0.4, -0.2) is 35.6 Å². The summed E-state index contributed by atoms with van der Waals surface area (Å²) in [5, 5.41) is 19.0. The van der Waals surface area contributed by atoms with E-state index in [1.54, 1.807) is 0 Å². The number of benzene rings is 2. The molecule has 2 N–H and O–H groups in total. The maximum atomic E-state index is 9.48. The summed E-state index contributed by atoms with van der Waals surface area (Å²) in [6.45, 7) is -0.403. The van der Waals surface area contributed by atoms with E-state index < -0.39 is 18.0 Å². The van der Waals surface area contributed by atoms with Gasteiger partial charge in [0.2, 0.25) is 5.79 Å². The summed E-state index contributed by atoms with van der Waals surface area (Å²) in [6.07, 6.45) is -1.12. The summed E-state index contributed by atoms with van der Waals surface area (Å²) in [4.78, 5) is 0. The lowest BCUT2D eigenvalue weighted by Crippen LogP contribution is -2.30. The van der Waals surface area contributed by atoms with Gasteiger partial charge >= 0.3 is 0 Å². The third kappa shape index (κ3) is 2.47. The van der Waals surface area contributed by atoms with E-state index in [2.05, 4.69) is 0 Å². The highest BCUT2D eigenvalue weighted by Gasteiger charge is 2.49. The maximum absolute atomic E-state index is 9.48. The van der Waals surface area contributed by atoms with Crippen molar-refractivity contribution in [3.05, 3.63) is 71.8 Å². The Balaban J connectivity index is 2.09. The predicted octanol–water partition coefficient (Wildman–Crippen LogP) is 1.66. The number of hydrogen-bond acceptors (Lipinski definition) is 4. The fourth-order valence-electron chi connectivity index (χ4n) is 2.67. The van der Waals surface area contributed by atoms with Crippen molar-refractivity contribution in [2.45, 2.75) is 18.0 Å². The van der Waals surface area contributed by atoms with Crippen molar-refractivity contribution in [3.8, 4) is 0 Å². The van der Waals surface area contributed by atoms with E-state index in [0.717, 1.165) is 11.1 Å². The summed E-state index contributed by atoms with van der Waals surface area (Å²) in [7, 11) is 0. The molecule has 2 aromatic carbocycles.